The Bertz CT molecular complexity index is 907. The fourth-order valence-corrected chi connectivity index (χ4v) is 3.91. The number of nitrogens with one attached hydrogen (secondary N) is 3. The Balaban J connectivity index is 1.52. The summed E-state index contributed by atoms with van der Waals surface area (Å²) in [5, 5.41) is 14.1. The van der Waals surface area contributed by atoms with Crippen LogP contribution in [-0.4, -0.2) is 40.8 Å². The molecule has 1 aliphatic rings. The number of urea groups is 1. The van der Waals surface area contributed by atoms with E-state index in [1.807, 2.05) is 36.4 Å². The summed E-state index contributed by atoms with van der Waals surface area (Å²) < 4.78 is 0. The van der Waals surface area contributed by atoms with Gasteiger partial charge in [0, 0.05) is 17.1 Å². The van der Waals surface area contributed by atoms with Crippen molar-refractivity contribution in [3.63, 3.8) is 0 Å². The van der Waals surface area contributed by atoms with E-state index in [9.17, 15) is 4.79 Å². The fourth-order valence-electron chi connectivity index (χ4n) is 3.91. The highest BCUT2D eigenvalue weighted by Crippen LogP contribution is 2.28. The van der Waals surface area contributed by atoms with Crippen molar-refractivity contribution in [3.8, 4) is 0 Å². The van der Waals surface area contributed by atoms with E-state index in [2.05, 4.69) is 44.9 Å². The van der Waals surface area contributed by atoms with Crippen LogP contribution in [0.1, 0.15) is 30.9 Å². The average Bonchev–Trinajstić information content (AvgIpc) is 3.15. The van der Waals surface area contributed by atoms with Crippen LogP contribution in [0.3, 0.4) is 0 Å². The van der Waals surface area contributed by atoms with Gasteiger partial charge in [-0.15, -0.1) is 0 Å². The molecule has 0 spiro atoms. The van der Waals surface area contributed by atoms with E-state index in [0.29, 0.717) is 6.04 Å². The summed E-state index contributed by atoms with van der Waals surface area (Å²) in [5.74, 6) is 0. The molecule has 0 saturated carbocycles. The number of anilines is 1. The molecule has 1 fully saturated rings. The monoisotopic (exact) mass is 363 g/mol. The van der Waals surface area contributed by atoms with Crippen LogP contribution < -0.4 is 10.6 Å². The number of nitrogens with zero attached hydrogens (tertiary/aromatic N) is 2. The van der Waals surface area contributed by atoms with Crippen molar-refractivity contribution >= 4 is 22.6 Å². The number of likely N-dealkylation sites (N-methyl/N-ethyl adjacent to an activating group) is 1. The Morgan fingerprint density at radius 1 is 1.22 bits per heavy atom. The number of likely N-dealkylation sites (tertiary alicyclic amines) is 1. The molecule has 1 aliphatic heterocycles. The van der Waals surface area contributed by atoms with Crippen LogP contribution in [0.5, 0.6) is 0 Å². The molecule has 27 heavy (non-hydrogen) atoms. The van der Waals surface area contributed by atoms with Crippen molar-refractivity contribution in [2.75, 3.05) is 18.9 Å². The van der Waals surface area contributed by atoms with Crippen molar-refractivity contribution in [2.45, 2.75) is 31.3 Å². The molecule has 3 aromatic rings. The maximum absolute atomic E-state index is 12.8. The highest BCUT2D eigenvalue weighted by molar-refractivity contribution is 5.92. The van der Waals surface area contributed by atoms with E-state index in [-0.39, 0.29) is 12.1 Å². The summed E-state index contributed by atoms with van der Waals surface area (Å²) in [4.78, 5) is 15.1. The molecule has 6 heteroatoms. The van der Waals surface area contributed by atoms with E-state index >= 15 is 0 Å². The van der Waals surface area contributed by atoms with Crippen molar-refractivity contribution in [2.24, 2.45) is 0 Å². The minimum Gasteiger partial charge on any atom is -0.329 e. The lowest BCUT2D eigenvalue weighted by molar-refractivity contribution is 0.147. The lowest BCUT2D eigenvalue weighted by Gasteiger charge is -2.38. The van der Waals surface area contributed by atoms with Gasteiger partial charge in [-0.25, -0.2) is 4.79 Å². The zero-order valence-electron chi connectivity index (χ0n) is 15.5. The third-order valence-corrected chi connectivity index (χ3v) is 5.36. The van der Waals surface area contributed by atoms with Gasteiger partial charge >= 0.3 is 6.03 Å². The molecular formula is C21H25N5O. The second kappa shape index (κ2) is 7.80. The molecule has 1 saturated heterocycles. The summed E-state index contributed by atoms with van der Waals surface area (Å²) in [6.07, 6.45) is 5.25. The summed E-state index contributed by atoms with van der Waals surface area (Å²) in [7, 11) is 2.14. The van der Waals surface area contributed by atoms with Gasteiger partial charge < -0.3 is 15.5 Å². The van der Waals surface area contributed by atoms with Crippen molar-refractivity contribution in [1.82, 2.24) is 20.4 Å². The number of hydrogen-bond donors (Lipinski definition) is 3. The molecule has 2 aromatic carbocycles. The van der Waals surface area contributed by atoms with Gasteiger partial charge in [0.1, 0.15) is 0 Å². The molecule has 1 aromatic heterocycles. The highest BCUT2D eigenvalue weighted by Gasteiger charge is 2.30. The molecule has 140 valence electrons. The van der Waals surface area contributed by atoms with Gasteiger partial charge in [-0.3, -0.25) is 5.10 Å². The summed E-state index contributed by atoms with van der Waals surface area (Å²) >= 11 is 0. The maximum Gasteiger partial charge on any atom is 0.319 e. The number of carbonyl (C=O) groups excluding carboxylic acids is 1. The van der Waals surface area contributed by atoms with Crippen molar-refractivity contribution < 1.29 is 4.79 Å². The third kappa shape index (κ3) is 3.95. The first kappa shape index (κ1) is 17.5. The Kier molecular flexibility index (Phi) is 5.07. The molecule has 6 nitrogen and oxygen atoms in total. The number of fused-ring (bicyclic) bond motifs is 1. The first-order valence-electron chi connectivity index (χ1n) is 9.46. The molecule has 0 aliphatic carbocycles. The second-order valence-corrected chi connectivity index (χ2v) is 7.20. The van der Waals surface area contributed by atoms with Crippen LogP contribution in [-0.2, 0) is 0 Å². The zero-order chi connectivity index (χ0) is 18.6. The summed E-state index contributed by atoms with van der Waals surface area (Å²) in [6, 6.07) is 16.0. The molecule has 0 bridgehead atoms. The van der Waals surface area contributed by atoms with Crippen molar-refractivity contribution in [1.29, 1.82) is 0 Å². The summed E-state index contributed by atoms with van der Waals surface area (Å²) in [6.45, 7) is 1.06. The molecule has 0 unspecified atom stereocenters. The lowest BCUT2D eigenvalue weighted by Crippen LogP contribution is -2.47. The fraction of sp³-hybridized carbons (Fsp3) is 0.333. The van der Waals surface area contributed by atoms with Crippen molar-refractivity contribution in [3.05, 3.63) is 60.3 Å². The lowest BCUT2D eigenvalue weighted by atomic mass is 9.91. The van der Waals surface area contributed by atoms with Gasteiger partial charge in [0.2, 0.25) is 0 Å². The predicted octanol–water partition coefficient (Wildman–Crippen LogP) is 3.91. The Hall–Kier alpha value is -2.86. The number of piperidine rings is 1. The topological polar surface area (TPSA) is 73.1 Å². The highest BCUT2D eigenvalue weighted by atomic mass is 16.2. The Morgan fingerprint density at radius 3 is 2.89 bits per heavy atom. The second-order valence-electron chi connectivity index (χ2n) is 7.20. The van der Waals surface area contributed by atoms with Crippen LogP contribution in [0.15, 0.2) is 54.7 Å². The number of aromatic nitrogens is 2. The first-order valence-corrected chi connectivity index (χ1v) is 9.46. The third-order valence-electron chi connectivity index (χ3n) is 5.36. The van der Waals surface area contributed by atoms with Crippen LogP contribution in [0, 0.1) is 0 Å². The Labute approximate surface area is 159 Å². The number of aromatic amines is 1. The van der Waals surface area contributed by atoms with E-state index < -0.39 is 0 Å². The number of rotatable bonds is 4. The van der Waals surface area contributed by atoms with Gasteiger partial charge in [-0.1, -0.05) is 36.8 Å². The molecule has 2 amide bonds. The van der Waals surface area contributed by atoms with Crippen LogP contribution in [0.4, 0.5) is 10.5 Å². The van der Waals surface area contributed by atoms with Gasteiger partial charge in [0.25, 0.3) is 0 Å². The minimum absolute atomic E-state index is 0.0487. The largest absolute Gasteiger partial charge is 0.329 e. The molecule has 4 rings (SSSR count). The van der Waals surface area contributed by atoms with Gasteiger partial charge in [0.15, 0.2) is 0 Å². The Morgan fingerprint density at radius 2 is 2.07 bits per heavy atom. The van der Waals surface area contributed by atoms with Gasteiger partial charge in [0.05, 0.1) is 17.8 Å². The van der Waals surface area contributed by atoms with Crippen LogP contribution >= 0.6 is 0 Å². The molecular weight excluding hydrogens is 338 g/mol. The van der Waals surface area contributed by atoms with E-state index in [1.54, 1.807) is 6.20 Å². The van der Waals surface area contributed by atoms with E-state index in [4.69, 9.17) is 0 Å². The average molecular weight is 363 g/mol. The normalized spacial score (nSPS) is 18.9. The molecule has 2 heterocycles. The van der Waals surface area contributed by atoms with Gasteiger partial charge in [-0.05, 0) is 50.2 Å². The predicted molar refractivity (Wildman–Crippen MR) is 108 cm³/mol. The number of amides is 2. The number of carbonyl (C=O) groups is 1. The van der Waals surface area contributed by atoms with Gasteiger partial charge in [-0.2, -0.15) is 5.10 Å². The molecule has 3 N–H and O–H groups in total. The minimum atomic E-state index is -0.193. The smallest absolute Gasteiger partial charge is 0.319 e. The zero-order valence-corrected chi connectivity index (χ0v) is 15.5. The van der Waals surface area contributed by atoms with E-state index in [0.717, 1.165) is 35.1 Å². The van der Waals surface area contributed by atoms with Crippen LogP contribution in [0.25, 0.3) is 10.9 Å². The first-order chi connectivity index (χ1) is 13.2. The SMILES string of the molecule is CN1CCCC[C@H]1[C@@H](NC(=O)Nc1ccc2cn[nH]c2c1)c1ccccc1. The van der Waals surface area contributed by atoms with E-state index in [1.165, 1.54) is 12.8 Å². The molecule has 0 radical (unpaired) electrons. The number of benzene rings is 2. The standard InChI is InChI=1S/C21H25N5O/c1-26-12-6-5-9-19(26)20(15-7-3-2-4-8-15)24-21(27)23-17-11-10-16-14-22-25-18(16)13-17/h2-4,7-8,10-11,13-14,19-20H,5-6,9,12H2,1H3,(H,22,25)(H2,23,24,27)/t19-,20-/m0/s1. The number of H-pyrrole nitrogens is 1. The quantitative estimate of drug-likeness (QED) is 0.658. The molecule has 2 atom stereocenters. The summed E-state index contributed by atoms with van der Waals surface area (Å²) in [5.41, 5.74) is 2.78. The van der Waals surface area contributed by atoms with Crippen LogP contribution in [0.2, 0.25) is 0 Å². The number of hydrogen-bond acceptors (Lipinski definition) is 3. The maximum atomic E-state index is 12.8.